The zero-order chi connectivity index (χ0) is 18.4. The van der Waals surface area contributed by atoms with Crippen LogP contribution in [0.1, 0.15) is 21.5 Å². The van der Waals surface area contributed by atoms with Crippen LogP contribution in [-0.2, 0) is 16.1 Å². The number of rotatable bonds is 6. The average Bonchev–Trinajstić information content (AvgIpc) is 3.19. The minimum Gasteiger partial charge on any atom is -0.460 e. The Balaban J connectivity index is 1.61. The molecule has 26 heavy (non-hydrogen) atoms. The Hall–Kier alpha value is -3.41. The lowest BCUT2D eigenvalue weighted by atomic mass is 10.1. The number of hydrogen-bond acceptors (Lipinski definition) is 4. The second kappa shape index (κ2) is 8.11. The smallest absolute Gasteiger partial charge is 0.325 e. The van der Waals surface area contributed by atoms with Gasteiger partial charge in [-0.15, -0.1) is 0 Å². The second-order valence-electron chi connectivity index (χ2n) is 5.82. The fraction of sp³-hybridized carbons (Fsp3) is 0.150. The Labute approximate surface area is 151 Å². The first-order valence-corrected chi connectivity index (χ1v) is 8.20. The van der Waals surface area contributed by atoms with Crippen molar-refractivity contribution in [2.24, 2.45) is 0 Å². The van der Waals surface area contributed by atoms with Crippen LogP contribution in [0.4, 0.5) is 0 Å². The highest BCUT2D eigenvalue weighted by atomic mass is 16.5. The van der Waals surface area contributed by atoms with Crippen molar-refractivity contribution in [1.29, 1.82) is 0 Å². The zero-order valence-corrected chi connectivity index (χ0v) is 14.4. The molecule has 0 bridgehead atoms. The number of benzene rings is 2. The summed E-state index contributed by atoms with van der Waals surface area (Å²) in [6.07, 6.45) is 5.02. The van der Waals surface area contributed by atoms with Gasteiger partial charge in [-0.1, -0.05) is 42.0 Å². The first-order chi connectivity index (χ1) is 12.6. The third-order valence-electron chi connectivity index (χ3n) is 3.82. The highest BCUT2D eigenvalue weighted by Gasteiger charge is 2.14. The third-order valence-corrected chi connectivity index (χ3v) is 3.82. The molecule has 0 saturated heterocycles. The van der Waals surface area contributed by atoms with E-state index in [1.54, 1.807) is 29.4 Å². The summed E-state index contributed by atoms with van der Waals surface area (Å²) in [5.41, 5.74) is 3.01. The van der Waals surface area contributed by atoms with Gasteiger partial charge in [0.2, 0.25) is 0 Å². The van der Waals surface area contributed by atoms with E-state index in [9.17, 15) is 9.59 Å². The number of carbonyl (C=O) groups excluding carboxylic acids is 2. The van der Waals surface area contributed by atoms with Crippen molar-refractivity contribution in [3.8, 4) is 5.69 Å². The van der Waals surface area contributed by atoms with Crippen LogP contribution in [0, 0.1) is 6.92 Å². The summed E-state index contributed by atoms with van der Waals surface area (Å²) in [5, 5.41) is 2.62. The largest absolute Gasteiger partial charge is 0.460 e. The fourth-order valence-corrected chi connectivity index (χ4v) is 2.50. The van der Waals surface area contributed by atoms with Gasteiger partial charge < -0.3 is 14.6 Å². The Morgan fingerprint density at radius 3 is 2.69 bits per heavy atom. The van der Waals surface area contributed by atoms with Crippen molar-refractivity contribution in [2.45, 2.75) is 13.5 Å². The molecular weight excluding hydrogens is 330 g/mol. The predicted octanol–water partition coefficient (Wildman–Crippen LogP) is 2.65. The molecule has 3 aromatic rings. The van der Waals surface area contributed by atoms with E-state index < -0.39 is 5.97 Å². The second-order valence-corrected chi connectivity index (χ2v) is 5.82. The summed E-state index contributed by atoms with van der Waals surface area (Å²) in [6, 6.07) is 14.9. The molecule has 0 aliphatic carbocycles. The zero-order valence-electron chi connectivity index (χ0n) is 14.4. The minimum atomic E-state index is -0.487. The van der Waals surface area contributed by atoms with Crippen LogP contribution in [0.25, 0.3) is 5.69 Å². The monoisotopic (exact) mass is 349 g/mol. The number of amides is 1. The molecule has 0 unspecified atom stereocenters. The molecule has 0 aliphatic heterocycles. The van der Waals surface area contributed by atoms with Crippen molar-refractivity contribution in [3.05, 3.63) is 83.9 Å². The van der Waals surface area contributed by atoms with Crippen LogP contribution in [0.2, 0.25) is 0 Å². The summed E-state index contributed by atoms with van der Waals surface area (Å²) in [4.78, 5) is 28.4. The van der Waals surface area contributed by atoms with Gasteiger partial charge >= 0.3 is 5.97 Å². The van der Waals surface area contributed by atoms with E-state index in [0.717, 1.165) is 11.1 Å². The molecule has 6 heteroatoms. The number of nitrogens with zero attached hydrogens (tertiary/aromatic N) is 2. The van der Waals surface area contributed by atoms with Crippen molar-refractivity contribution in [2.75, 3.05) is 6.54 Å². The van der Waals surface area contributed by atoms with Crippen molar-refractivity contribution in [3.63, 3.8) is 0 Å². The van der Waals surface area contributed by atoms with Crippen molar-refractivity contribution >= 4 is 11.9 Å². The van der Waals surface area contributed by atoms with Crippen LogP contribution in [0.5, 0.6) is 0 Å². The predicted molar refractivity (Wildman–Crippen MR) is 96.9 cm³/mol. The van der Waals surface area contributed by atoms with Gasteiger partial charge in [0, 0.05) is 12.4 Å². The summed E-state index contributed by atoms with van der Waals surface area (Å²) in [7, 11) is 0. The van der Waals surface area contributed by atoms with Gasteiger partial charge in [-0.05, 0) is 24.6 Å². The molecule has 0 spiro atoms. The van der Waals surface area contributed by atoms with Crippen LogP contribution >= 0.6 is 0 Å². The summed E-state index contributed by atoms with van der Waals surface area (Å²) < 4.78 is 6.92. The van der Waals surface area contributed by atoms with E-state index in [0.29, 0.717) is 11.3 Å². The minimum absolute atomic E-state index is 0.181. The summed E-state index contributed by atoms with van der Waals surface area (Å²) in [6.45, 7) is 1.89. The van der Waals surface area contributed by atoms with E-state index in [4.69, 9.17) is 4.74 Å². The summed E-state index contributed by atoms with van der Waals surface area (Å²) in [5.74, 6) is -0.826. The Kier molecular flexibility index (Phi) is 5.43. The van der Waals surface area contributed by atoms with Gasteiger partial charge in [-0.3, -0.25) is 9.59 Å². The van der Waals surface area contributed by atoms with Gasteiger partial charge in [-0.2, -0.15) is 0 Å². The molecule has 0 atom stereocenters. The lowest BCUT2D eigenvalue weighted by Gasteiger charge is -2.12. The first-order valence-electron chi connectivity index (χ1n) is 8.20. The van der Waals surface area contributed by atoms with Crippen molar-refractivity contribution in [1.82, 2.24) is 14.9 Å². The normalized spacial score (nSPS) is 10.3. The number of aromatic nitrogens is 2. The molecule has 6 nitrogen and oxygen atoms in total. The molecule has 3 rings (SSSR count). The fourth-order valence-electron chi connectivity index (χ4n) is 2.50. The number of ether oxygens (including phenoxy) is 1. The lowest BCUT2D eigenvalue weighted by molar-refractivity contribution is -0.143. The van der Waals surface area contributed by atoms with E-state index in [1.807, 2.05) is 49.4 Å². The van der Waals surface area contributed by atoms with Gasteiger partial charge in [0.1, 0.15) is 13.2 Å². The molecule has 1 heterocycles. The quantitative estimate of drug-likeness (QED) is 0.695. The van der Waals surface area contributed by atoms with E-state index in [2.05, 4.69) is 10.3 Å². The first kappa shape index (κ1) is 17.4. The van der Waals surface area contributed by atoms with Crippen LogP contribution < -0.4 is 5.32 Å². The van der Waals surface area contributed by atoms with E-state index >= 15 is 0 Å². The Bertz CT molecular complexity index is 890. The maximum atomic E-state index is 12.5. The SMILES string of the molecule is Cc1ccc(-n2ccnc2)c(C(=O)NCC(=O)OCc2ccccc2)c1. The molecule has 2 aromatic carbocycles. The molecule has 1 aromatic heterocycles. The number of nitrogens with one attached hydrogen (secondary N) is 1. The molecule has 1 N–H and O–H groups in total. The van der Waals surface area contributed by atoms with Crippen LogP contribution in [0.15, 0.2) is 67.3 Å². The third kappa shape index (κ3) is 4.36. The average molecular weight is 349 g/mol. The number of hydrogen-bond donors (Lipinski definition) is 1. The van der Waals surface area contributed by atoms with E-state index in [1.165, 1.54) is 0 Å². The molecule has 132 valence electrons. The topological polar surface area (TPSA) is 73.2 Å². The Morgan fingerprint density at radius 1 is 1.15 bits per heavy atom. The van der Waals surface area contributed by atoms with Gasteiger partial charge in [-0.25, -0.2) is 4.98 Å². The van der Waals surface area contributed by atoms with Crippen LogP contribution in [0.3, 0.4) is 0 Å². The van der Waals surface area contributed by atoms with Crippen LogP contribution in [-0.4, -0.2) is 28.0 Å². The van der Waals surface area contributed by atoms with Crippen molar-refractivity contribution < 1.29 is 14.3 Å². The maximum Gasteiger partial charge on any atom is 0.325 e. The molecule has 0 fully saturated rings. The lowest BCUT2D eigenvalue weighted by Crippen LogP contribution is -2.31. The number of imidazole rings is 1. The molecule has 1 amide bonds. The highest BCUT2D eigenvalue weighted by molar-refractivity contribution is 5.99. The highest BCUT2D eigenvalue weighted by Crippen LogP contribution is 2.16. The van der Waals surface area contributed by atoms with E-state index in [-0.39, 0.29) is 19.1 Å². The molecular formula is C20H19N3O3. The molecule has 0 saturated carbocycles. The van der Waals surface area contributed by atoms with Gasteiger partial charge in [0.05, 0.1) is 17.6 Å². The number of aryl methyl sites for hydroxylation is 1. The standard InChI is InChI=1S/C20H19N3O3/c1-15-7-8-18(23-10-9-21-14-23)17(11-15)20(25)22-12-19(24)26-13-16-5-3-2-4-6-16/h2-11,14H,12-13H2,1H3,(H,22,25). The number of esters is 1. The van der Waals surface area contributed by atoms with Gasteiger partial charge in [0.25, 0.3) is 5.91 Å². The summed E-state index contributed by atoms with van der Waals surface area (Å²) >= 11 is 0. The number of carbonyl (C=O) groups is 2. The molecule has 0 aliphatic rings. The van der Waals surface area contributed by atoms with Gasteiger partial charge in [0.15, 0.2) is 0 Å². The molecule has 0 radical (unpaired) electrons. The Morgan fingerprint density at radius 2 is 1.96 bits per heavy atom. The maximum absolute atomic E-state index is 12.5.